The van der Waals surface area contributed by atoms with Crippen LogP contribution in [0.5, 0.6) is 6.01 Å². The van der Waals surface area contributed by atoms with Gasteiger partial charge in [-0.25, -0.2) is 4.98 Å². The molecular formula is C12H13N3O. The first-order valence-corrected chi connectivity index (χ1v) is 4.94. The van der Waals surface area contributed by atoms with Crippen molar-refractivity contribution in [2.24, 2.45) is 0 Å². The molecule has 2 N–H and O–H groups in total. The number of benzene rings is 1. The lowest BCUT2D eigenvalue weighted by Gasteiger charge is -2.05. The minimum absolute atomic E-state index is 0.373. The number of ether oxygens (including phenoxy) is 1. The number of hydrogen-bond donors (Lipinski definition) is 1. The largest absolute Gasteiger partial charge is 0.467 e. The van der Waals surface area contributed by atoms with Crippen LogP contribution in [-0.4, -0.2) is 17.1 Å². The van der Waals surface area contributed by atoms with Gasteiger partial charge < -0.3 is 10.5 Å². The van der Waals surface area contributed by atoms with E-state index in [2.05, 4.69) is 9.97 Å². The summed E-state index contributed by atoms with van der Waals surface area (Å²) < 4.78 is 5.03. The Hall–Kier alpha value is -2.10. The van der Waals surface area contributed by atoms with Crippen molar-refractivity contribution in [2.45, 2.75) is 6.92 Å². The fourth-order valence-electron chi connectivity index (χ4n) is 1.48. The molecule has 0 fully saturated rings. The lowest BCUT2D eigenvalue weighted by atomic mass is 10.1. The van der Waals surface area contributed by atoms with Crippen LogP contribution in [0.2, 0.25) is 0 Å². The molecule has 2 aromatic rings. The van der Waals surface area contributed by atoms with E-state index in [1.807, 2.05) is 37.3 Å². The minimum atomic E-state index is 0.373. The van der Waals surface area contributed by atoms with Gasteiger partial charge in [-0.3, -0.25) is 0 Å². The zero-order chi connectivity index (χ0) is 11.5. The number of methoxy groups -OCH3 is 1. The first kappa shape index (κ1) is 10.4. The van der Waals surface area contributed by atoms with Crippen molar-refractivity contribution in [3.63, 3.8) is 0 Å². The van der Waals surface area contributed by atoms with Crippen LogP contribution in [0, 0.1) is 6.92 Å². The van der Waals surface area contributed by atoms with Crippen molar-refractivity contribution >= 4 is 5.69 Å². The molecule has 0 atom stereocenters. The van der Waals surface area contributed by atoms with E-state index < -0.39 is 0 Å². The lowest BCUT2D eigenvalue weighted by Crippen LogP contribution is -1.96. The molecule has 1 aromatic heterocycles. The van der Waals surface area contributed by atoms with Gasteiger partial charge in [-0.05, 0) is 25.1 Å². The number of nitrogens with two attached hydrogens (primary N) is 1. The van der Waals surface area contributed by atoms with Gasteiger partial charge in [0.25, 0.3) is 0 Å². The summed E-state index contributed by atoms with van der Waals surface area (Å²) in [6.45, 7) is 1.90. The van der Waals surface area contributed by atoms with Crippen molar-refractivity contribution < 1.29 is 4.74 Å². The van der Waals surface area contributed by atoms with Gasteiger partial charge in [0.2, 0.25) is 0 Å². The summed E-state index contributed by atoms with van der Waals surface area (Å²) in [5, 5.41) is 0. The first-order chi connectivity index (χ1) is 7.69. The summed E-state index contributed by atoms with van der Waals surface area (Å²) >= 11 is 0. The quantitative estimate of drug-likeness (QED) is 0.779. The number of nitrogens with zero attached hydrogens (tertiary/aromatic N) is 2. The number of rotatable bonds is 2. The van der Waals surface area contributed by atoms with Gasteiger partial charge in [-0.1, -0.05) is 12.1 Å². The van der Waals surface area contributed by atoms with E-state index in [9.17, 15) is 0 Å². The van der Waals surface area contributed by atoms with Crippen LogP contribution in [0.15, 0.2) is 30.3 Å². The van der Waals surface area contributed by atoms with Crippen molar-refractivity contribution in [1.29, 1.82) is 0 Å². The Balaban J connectivity index is 2.51. The highest BCUT2D eigenvalue weighted by atomic mass is 16.5. The van der Waals surface area contributed by atoms with Gasteiger partial charge in [-0.15, -0.1) is 0 Å². The second-order valence-electron chi connectivity index (χ2n) is 3.51. The van der Waals surface area contributed by atoms with E-state index in [4.69, 9.17) is 10.5 Å². The highest BCUT2D eigenvalue weighted by Crippen LogP contribution is 2.21. The van der Waals surface area contributed by atoms with Crippen LogP contribution in [0.4, 0.5) is 5.69 Å². The van der Waals surface area contributed by atoms with Gasteiger partial charge in [0.05, 0.1) is 12.8 Å². The van der Waals surface area contributed by atoms with Gasteiger partial charge in [0, 0.05) is 16.9 Å². The number of hydrogen-bond acceptors (Lipinski definition) is 4. The van der Waals surface area contributed by atoms with Crippen molar-refractivity contribution in [2.75, 3.05) is 12.8 Å². The Morgan fingerprint density at radius 1 is 1.19 bits per heavy atom. The van der Waals surface area contributed by atoms with Crippen molar-refractivity contribution in [3.8, 4) is 17.3 Å². The van der Waals surface area contributed by atoms with Crippen LogP contribution in [-0.2, 0) is 0 Å². The molecule has 0 spiro atoms. The zero-order valence-corrected chi connectivity index (χ0v) is 9.27. The van der Waals surface area contributed by atoms with Gasteiger partial charge >= 0.3 is 6.01 Å². The average Bonchev–Trinajstić information content (AvgIpc) is 2.28. The maximum Gasteiger partial charge on any atom is 0.316 e. The number of nitrogen functional groups attached to an aromatic ring is 1. The molecule has 82 valence electrons. The third kappa shape index (κ3) is 2.11. The second kappa shape index (κ2) is 4.18. The van der Waals surface area contributed by atoms with Crippen LogP contribution in [0.1, 0.15) is 5.69 Å². The summed E-state index contributed by atoms with van der Waals surface area (Å²) in [6, 6.07) is 9.84. The summed E-state index contributed by atoms with van der Waals surface area (Å²) in [6.07, 6.45) is 0. The van der Waals surface area contributed by atoms with E-state index in [-0.39, 0.29) is 0 Å². The van der Waals surface area contributed by atoms with Gasteiger partial charge in [-0.2, -0.15) is 4.98 Å². The van der Waals surface area contributed by atoms with Crippen LogP contribution in [0.3, 0.4) is 0 Å². The molecule has 0 aliphatic rings. The molecule has 0 bridgehead atoms. The fourth-order valence-corrected chi connectivity index (χ4v) is 1.48. The highest BCUT2D eigenvalue weighted by Gasteiger charge is 2.04. The summed E-state index contributed by atoms with van der Waals surface area (Å²) in [5.41, 5.74) is 9.09. The standard InChI is InChI=1S/C12H13N3O/c1-8-6-11(15-12(14-8)16-2)9-4-3-5-10(13)7-9/h3-7H,13H2,1-2H3. The summed E-state index contributed by atoms with van der Waals surface area (Å²) in [7, 11) is 1.55. The number of anilines is 1. The predicted molar refractivity (Wildman–Crippen MR) is 63.2 cm³/mol. The molecule has 0 amide bonds. The Morgan fingerprint density at radius 3 is 2.69 bits per heavy atom. The Kier molecular flexibility index (Phi) is 2.72. The molecule has 0 aliphatic carbocycles. The summed E-state index contributed by atoms with van der Waals surface area (Å²) in [5.74, 6) is 0. The molecular weight excluding hydrogens is 202 g/mol. The van der Waals surface area contributed by atoms with E-state index in [0.717, 1.165) is 17.0 Å². The van der Waals surface area contributed by atoms with E-state index in [1.165, 1.54) is 0 Å². The van der Waals surface area contributed by atoms with Crippen LogP contribution in [0.25, 0.3) is 11.3 Å². The van der Waals surface area contributed by atoms with E-state index >= 15 is 0 Å². The molecule has 0 saturated carbocycles. The maximum absolute atomic E-state index is 5.73. The Morgan fingerprint density at radius 2 is 2.00 bits per heavy atom. The maximum atomic E-state index is 5.73. The molecule has 16 heavy (non-hydrogen) atoms. The third-order valence-electron chi connectivity index (χ3n) is 2.20. The van der Waals surface area contributed by atoms with Gasteiger partial charge in [0.15, 0.2) is 0 Å². The highest BCUT2D eigenvalue weighted by molar-refractivity contribution is 5.64. The lowest BCUT2D eigenvalue weighted by molar-refractivity contribution is 0.379. The summed E-state index contributed by atoms with van der Waals surface area (Å²) in [4.78, 5) is 8.41. The van der Waals surface area contributed by atoms with E-state index in [1.54, 1.807) is 7.11 Å². The molecule has 2 rings (SSSR count). The van der Waals surface area contributed by atoms with Crippen molar-refractivity contribution in [3.05, 3.63) is 36.0 Å². The number of aromatic nitrogens is 2. The predicted octanol–water partition coefficient (Wildman–Crippen LogP) is 2.04. The molecule has 4 heteroatoms. The van der Waals surface area contributed by atoms with Crippen molar-refractivity contribution in [1.82, 2.24) is 9.97 Å². The molecule has 0 saturated heterocycles. The molecule has 1 heterocycles. The number of aryl methyl sites for hydroxylation is 1. The Labute approximate surface area is 94.1 Å². The average molecular weight is 215 g/mol. The molecule has 0 radical (unpaired) electrons. The second-order valence-corrected chi connectivity index (χ2v) is 3.51. The van der Waals surface area contributed by atoms with Gasteiger partial charge in [0.1, 0.15) is 0 Å². The smallest absolute Gasteiger partial charge is 0.316 e. The monoisotopic (exact) mass is 215 g/mol. The molecule has 0 aliphatic heterocycles. The molecule has 4 nitrogen and oxygen atoms in total. The Bertz CT molecular complexity index is 511. The third-order valence-corrected chi connectivity index (χ3v) is 2.20. The zero-order valence-electron chi connectivity index (χ0n) is 9.27. The normalized spacial score (nSPS) is 10.1. The van der Waals surface area contributed by atoms with Crippen LogP contribution < -0.4 is 10.5 Å². The molecule has 1 aromatic carbocycles. The first-order valence-electron chi connectivity index (χ1n) is 4.94. The SMILES string of the molecule is COc1nc(C)cc(-c2cccc(N)c2)n1. The van der Waals surface area contributed by atoms with Crippen LogP contribution >= 0.6 is 0 Å². The molecule has 0 unspecified atom stereocenters. The van der Waals surface area contributed by atoms with E-state index in [0.29, 0.717) is 11.7 Å². The minimum Gasteiger partial charge on any atom is -0.467 e. The fraction of sp³-hybridized carbons (Fsp3) is 0.167. The topological polar surface area (TPSA) is 61.0 Å².